The van der Waals surface area contributed by atoms with Crippen molar-refractivity contribution in [2.24, 2.45) is 0 Å². The van der Waals surface area contributed by atoms with Gasteiger partial charge >= 0.3 is 0 Å². The Bertz CT molecular complexity index is 1040. The van der Waals surface area contributed by atoms with E-state index in [4.69, 9.17) is 4.74 Å². The predicted molar refractivity (Wildman–Crippen MR) is 96.7 cm³/mol. The summed E-state index contributed by atoms with van der Waals surface area (Å²) < 4.78 is 5.54. The Balaban J connectivity index is 1.97. The lowest BCUT2D eigenvalue weighted by atomic mass is 10.0. The highest BCUT2D eigenvalue weighted by Gasteiger charge is 2.18. The number of nitrogens with one attached hydrogen (secondary N) is 2. The second kappa shape index (κ2) is 6.53. The molecule has 3 rings (SSSR count). The number of carbonyl (C=O) groups excluding carboxylic acids is 1. The van der Waals surface area contributed by atoms with Crippen molar-refractivity contribution in [3.05, 3.63) is 45.2 Å². The average molecular weight is 400 g/mol. The molecule has 126 valence electrons. The van der Waals surface area contributed by atoms with Crippen LogP contribution in [0, 0.1) is 25.2 Å². The number of hydrogen-bond acceptors (Lipinski definition) is 5. The van der Waals surface area contributed by atoms with E-state index >= 15 is 0 Å². The van der Waals surface area contributed by atoms with E-state index in [9.17, 15) is 10.1 Å². The number of aromatic nitrogens is 3. The lowest BCUT2D eigenvalue weighted by molar-refractivity contribution is 0.102. The zero-order valence-corrected chi connectivity index (χ0v) is 15.4. The van der Waals surface area contributed by atoms with Crippen LogP contribution in [-0.4, -0.2) is 28.2 Å². The second-order valence-electron chi connectivity index (χ2n) is 5.44. The maximum absolute atomic E-state index is 12.6. The van der Waals surface area contributed by atoms with Crippen LogP contribution in [0.2, 0.25) is 0 Å². The molecule has 2 aromatic heterocycles. The van der Waals surface area contributed by atoms with Gasteiger partial charge in [-0.05, 0) is 59.1 Å². The number of nitrogens with zero attached hydrogens (tertiary/aromatic N) is 3. The van der Waals surface area contributed by atoms with Crippen LogP contribution in [0.3, 0.4) is 0 Å². The highest BCUT2D eigenvalue weighted by atomic mass is 79.9. The molecule has 0 aliphatic heterocycles. The molecular weight excluding hydrogens is 386 g/mol. The molecule has 0 saturated carbocycles. The number of halogens is 1. The smallest absolute Gasteiger partial charge is 0.274 e. The third kappa shape index (κ3) is 2.94. The van der Waals surface area contributed by atoms with E-state index in [0.717, 1.165) is 16.5 Å². The van der Waals surface area contributed by atoms with E-state index in [2.05, 4.69) is 42.5 Å². The van der Waals surface area contributed by atoms with Crippen molar-refractivity contribution in [3.63, 3.8) is 0 Å². The number of fused-ring (bicyclic) bond motifs is 1. The highest BCUT2D eigenvalue weighted by molar-refractivity contribution is 9.10. The molecule has 0 bridgehead atoms. The van der Waals surface area contributed by atoms with Crippen molar-refractivity contribution in [2.75, 3.05) is 12.4 Å². The number of benzene rings is 1. The van der Waals surface area contributed by atoms with E-state index in [-0.39, 0.29) is 11.6 Å². The van der Waals surface area contributed by atoms with Gasteiger partial charge in [0.1, 0.15) is 16.4 Å². The summed E-state index contributed by atoms with van der Waals surface area (Å²) in [6.07, 6.45) is 0. The summed E-state index contributed by atoms with van der Waals surface area (Å²) in [5.41, 5.74) is 3.49. The molecule has 2 heterocycles. The number of nitriles is 1. The summed E-state index contributed by atoms with van der Waals surface area (Å²) in [7, 11) is 1.53. The summed E-state index contributed by atoms with van der Waals surface area (Å²) in [4.78, 5) is 16.9. The van der Waals surface area contributed by atoms with Crippen LogP contribution in [-0.2, 0) is 0 Å². The number of hydrogen-bond donors (Lipinski definition) is 2. The molecule has 0 spiro atoms. The summed E-state index contributed by atoms with van der Waals surface area (Å²) in [6, 6.07) is 7.43. The van der Waals surface area contributed by atoms with Gasteiger partial charge in [-0.2, -0.15) is 5.26 Å². The van der Waals surface area contributed by atoms with Crippen molar-refractivity contribution in [1.29, 1.82) is 5.26 Å². The standard InChI is InChI=1S/C17H14BrN5O2/c1-8-9(2)14(21-15(18)12(8)7-19)16(24)20-10-4-5-13-11(6-10)17(25-3)23-22-13/h4-6H,1-3H3,(H,20,24)(H,22,23). The third-order valence-electron chi connectivity index (χ3n) is 4.01. The molecule has 7 nitrogen and oxygen atoms in total. The van der Waals surface area contributed by atoms with Gasteiger partial charge < -0.3 is 10.1 Å². The van der Waals surface area contributed by atoms with Gasteiger partial charge in [0, 0.05) is 5.69 Å². The Morgan fingerprint density at radius 1 is 1.36 bits per heavy atom. The highest BCUT2D eigenvalue weighted by Crippen LogP contribution is 2.27. The number of amides is 1. The first-order valence-electron chi connectivity index (χ1n) is 7.36. The summed E-state index contributed by atoms with van der Waals surface area (Å²) >= 11 is 3.25. The molecule has 0 saturated heterocycles. The normalized spacial score (nSPS) is 10.5. The topological polar surface area (TPSA) is 104 Å². The van der Waals surface area contributed by atoms with Crippen LogP contribution in [0.4, 0.5) is 5.69 Å². The number of ether oxygens (including phenoxy) is 1. The van der Waals surface area contributed by atoms with Gasteiger partial charge in [-0.25, -0.2) is 4.98 Å². The number of carbonyl (C=O) groups is 1. The van der Waals surface area contributed by atoms with Crippen LogP contribution in [0.1, 0.15) is 27.2 Å². The average Bonchev–Trinajstić information content (AvgIpc) is 3.00. The maximum Gasteiger partial charge on any atom is 0.274 e. The molecule has 3 aromatic rings. The van der Waals surface area contributed by atoms with Gasteiger partial charge in [-0.1, -0.05) is 0 Å². The van der Waals surface area contributed by atoms with E-state index in [1.165, 1.54) is 7.11 Å². The zero-order valence-electron chi connectivity index (χ0n) is 13.8. The van der Waals surface area contributed by atoms with Crippen LogP contribution in [0.5, 0.6) is 5.88 Å². The molecule has 25 heavy (non-hydrogen) atoms. The van der Waals surface area contributed by atoms with Crippen LogP contribution < -0.4 is 10.1 Å². The molecule has 2 N–H and O–H groups in total. The molecule has 0 aliphatic rings. The Morgan fingerprint density at radius 2 is 2.12 bits per heavy atom. The second-order valence-corrected chi connectivity index (χ2v) is 6.19. The minimum atomic E-state index is -0.354. The van der Waals surface area contributed by atoms with Crippen LogP contribution >= 0.6 is 15.9 Å². The van der Waals surface area contributed by atoms with Gasteiger partial charge in [-0.15, -0.1) is 5.10 Å². The van der Waals surface area contributed by atoms with E-state index in [0.29, 0.717) is 27.3 Å². The number of methoxy groups -OCH3 is 1. The lowest BCUT2D eigenvalue weighted by Crippen LogP contribution is -2.17. The number of anilines is 1. The quantitative estimate of drug-likeness (QED) is 0.656. The molecule has 0 fully saturated rings. The fourth-order valence-electron chi connectivity index (χ4n) is 2.52. The molecular formula is C17H14BrN5O2. The van der Waals surface area contributed by atoms with Crippen molar-refractivity contribution < 1.29 is 9.53 Å². The van der Waals surface area contributed by atoms with Gasteiger partial charge in [-0.3, -0.25) is 9.89 Å². The molecule has 0 radical (unpaired) electrons. The first-order valence-corrected chi connectivity index (χ1v) is 8.15. The van der Waals surface area contributed by atoms with Crippen LogP contribution in [0.25, 0.3) is 10.9 Å². The van der Waals surface area contributed by atoms with Gasteiger partial charge in [0.05, 0.1) is 23.6 Å². The summed E-state index contributed by atoms with van der Waals surface area (Å²) in [5, 5.41) is 19.7. The number of pyridine rings is 1. The number of rotatable bonds is 3. The lowest BCUT2D eigenvalue weighted by Gasteiger charge is -2.11. The van der Waals surface area contributed by atoms with Crippen molar-refractivity contribution in [1.82, 2.24) is 15.2 Å². The Kier molecular flexibility index (Phi) is 4.42. The minimum Gasteiger partial charge on any atom is -0.480 e. The Labute approximate surface area is 152 Å². The van der Waals surface area contributed by atoms with E-state index in [1.54, 1.807) is 32.0 Å². The van der Waals surface area contributed by atoms with E-state index in [1.807, 2.05) is 0 Å². The zero-order chi connectivity index (χ0) is 18.1. The molecule has 8 heteroatoms. The molecule has 0 unspecified atom stereocenters. The number of aromatic amines is 1. The minimum absolute atomic E-state index is 0.266. The van der Waals surface area contributed by atoms with E-state index < -0.39 is 0 Å². The van der Waals surface area contributed by atoms with Gasteiger partial charge in [0.25, 0.3) is 5.91 Å². The molecule has 1 aromatic carbocycles. The summed E-state index contributed by atoms with van der Waals surface area (Å²) in [5.74, 6) is 0.102. The van der Waals surface area contributed by atoms with Crippen LogP contribution in [0.15, 0.2) is 22.8 Å². The molecule has 1 amide bonds. The molecule has 0 atom stereocenters. The monoisotopic (exact) mass is 399 g/mol. The number of H-pyrrole nitrogens is 1. The first-order chi connectivity index (χ1) is 12.0. The SMILES string of the molecule is COc1n[nH]c2ccc(NC(=O)c3nc(Br)c(C#N)c(C)c3C)cc12. The third-order valence-corrected chi connectivity index (χ3v) is 4.59. The molecule has 0 aliphatic carbocycles. The Morgan fingerprint density at radius 3 is 2.80 bits per heavy atom. The predicted octanol–water partition coefficient (Wildman–Crippen LogP) is 3.47. The summed E-state index contributed by atoms with van der Waals surface area (Å²) in [6.45, 7) is 3.56. The van der Waals surface area contributed by atoms with Crippen molar-refractivity contribution >= 4 is 38.4 Å². The van der Waals surface area contributed by atoms with Crippen molar-refractivity contribution in [3.8, 4) is 11.9 Å². The largest absolute Gasteiger partial charge is 0.480 e. The first kappa shape index (κ1) is 16.9. The maximum atomic E-state index is 12.6. The Hall–Kier alpha value is -2.92. The van der Waals surface area contributed by atoms with Gasteiger partial charge in [0.15, 0.2) is 0 Å². The van der Waals surface area contributed by atoms with Crippen molar-refractivity contribution in [2.45, 2.75) is 13.8 Å². The van der Waals surface area contributed by atoms with Gasteiger partial charge in [0.2, 0.25) is 5.88 Å². The fraction of sp³-hybridized carbons (Fsp3) is 0.176. The fourth-order valence-corrected chi connectivity index (χ4v) is 3.09.